The molecule has 0 amide bonds. The summed E-state index contributed by atoms with van der Waals surface area (Å²) in [4.78, 5) is 6.28. The zero-order valence-corrected chi connectivity index (χ0v) is 23.8. The number of hydrogen-bond acceptors (Lipinski definition) is 7. The van der Waals surface area contributed by atoms with Crippen LogP contribution in [0.3, 0.4) is 0 Å². The van der Waals surface area contributed by atoms with E-state index in [1.165, 1.54) is 0 Å². The van der Waals surface area contributed by atoms with E-state index in [0.717, 1.165) is 30.8 Å². The molecular formula is C34H21N5S2. The number of allylic oxidation sites excluding steroid dienone is 5. The summed E-state index contributed by atoms with van der Waals surface area (Å²) in [6, 6.07) is 31.8. The lowest BCUT2D eigenvalue weighted by molar-refractivity contribution is 1.13. The molecule has 2 heterocycles. The molecule has 0 aliphatic heterocycles. The molecular weight excluding hydrogens is 543 g/mol. The van der Waals surface area contributed by atoms with Crippen molar-refractivity contribution in [3.05, 3.63) is 116 Å². The predicted molar refractivity (Wildman–Crippen MR) is 168 cm³/mol. The first-order chi connectivity index (χ1) is 20.0. The molecule has 5 rings (SSSR count). The number of hydrogen-bond donors (Lipinski definition) is 0. The van der Waals surface area contributed by atoms with Gasteiger partial charge in [-0.25, -0.2) is 0 Å². The second-order valence-electron chi connectivity index (χ2n) is 9.27. The molecule has 7 heteroatoms. The van der Waals surface area contributed by atoms with E-state index < -0.39 is 0 Å². The van der Waals surface area contributed by atoms with E-state index >= 15 is 0 Å². The molecule has 0 atom stereocenters. The number of fused-ring (bicyclic) bond motifs is 1. The first-order valence-corrected chi connectivity index (χ1v) is 14.2. The van der Waals surface area contributed by atoms with Gasteiger partial charge in [-0.1, -0.05) is 42.5 Å². The minimum absolute atomic E-state index is 0.0586. The largest absolute Gasteiger partial charge is 0.378 e. The van der Waals surface area contributed by atoms with Gasteiger partial charge in [-0.15, -0.1) is 22.7 Å². The number of benzene rings is 2. The van der Waals surface area contributed by atoms with E-state index in [4.69, 9.17) is 0 Å². The summed E-state index contributed by atoms with van der Waals surface area (Å²) < 4.78 is 0. The predicted octanol–water partition coefficient (Wildman–Crippen LogP) is 8.41. The fourth-order valence-corrected chi connectivity index (χ4v) is 6.59. The zero-order valence-electron chi connectivity index (χ0n) is 22.2. The fraction of sp³-hybridized carbons (Fsp3) is 0.0588. The van der Waals surface area contributed by atoms with Crippen molar-refractivity contribution in [1.29, 1.82) is 21.0 Å². The summed E-state index contributed by atoms with van der Waals surface area (Å²) in [5.74, 6) is 0. The minimum Gasteiger partial charge on any atom is -0.378 e. The molecule has 1 aliphatic rings. The molecule has 0 saturated carbocycles. The molecule has 0 radical (unpaired) electrons. The molecule has 41 heavy (non-hydrogen) atoms. The van der Waals surface area contributed by atoms with E-state index in [9.17, 15) is 21.0 Å². The van der Waals surface area contributed by atoms with Crippen molar-refractivity contribution in [2.24, 2.45) is 0 Å². The van der Waals surface area contributed by atoms with Crippen LogP contribution in [-0.4, -0.2) is 14.1 Å². The van der Waals surface area contributed by atoms with Crippen LogP contribution in [0.1, 0.15) is 26.4 Å². The van der Waals surface area contributed by atoms with Crippen molar-refractivity contribution in [3.63, 3.8) is 0 Å². The third kappa shape index (κ3) is 5.38. The van der Waals surface area contributed by atoms with Crippen LogP contribution in [-0.2, 0) is 0 Å². The molecule has 2 aromatic carbocycles. The highest BCUT2D eigenvalue weighted by atomic mass is 32.1. The zero-order chi connectivity index (χ0) is 28.9. The van der Waals surface area contributed by atoms with Crippen LogP contribution in [0.15, 0.2) is 89.5 Å². The Bertz CT molecular complexity index is 1850. The van der Waals surface area contributed by atoms with Crippen molar-refractivity contribution < 1.29 is 0 Å². The molecule has 0 N–H and O–H groups in total. The van der Waals surface area contributed by atoms with Gasteiger partial charge < -0.3 is 4.90 Å². The minimum atomic E-state index is -0.0586. The van der Waals surface area contributed by atoms with Crippen molar-refractivity contribution in [2.75, 3.05) is 19.0 Å². The van der Waals surface area contributed by atoms with Gasteiger partial charge in [0.15, 0.2) is 0 Å². The summed E-state index contributed by atoms with van der Waals surface area (Å²) in [5.41, 5.74) is 4.92. The summed E-state index contributed by atoms with van der Waals surface area (Å²) in [7, 11) is 4.04. The average Bonchev–Trinajstić information content (AvgIpc) is 3.73. The molecule has 1 aliphatic carbocycles. The monoisotopic (exact) mass is 563 g/mol. The van der Waals surface area contributed by atoms with Crippen LogP contribution < -0.4 is 4.90 Å². The third-order valence-electron chi connectivity index (χ3n) is 6.58. The lowest BCUT2D eigenvalue weighted by Gasteiger charge is -2.11. The van der Waals surface area contributed by atoms with Crippen LogP contribution in [0.5, 0.6) is 0 Å². The lowest BCUT2D eigenvalue weighted by atomic mass is 9.96. The van der Waals surface area contributed by atoms with Gasteiger partial charge in [-0.05, 0) is 70.8 Å². The van der Waals surface area contributed by atoms with Gasteiger partial charge in [0.1, 0.15) is 35.4 Å². The number of anilines is 1. The van der Waals surface area contributed by atoms with Crippen LogP contribution >= 0.6 is 22.7 Å². The highest BCUT2D eigenvalue weighted by Crippen LogP contribution is 2.49. The molecule has 0 fully saturated rings. The SMILES string of the molecule is CN(C)c1ccc(/C=C/c2ccc(-c3ccc(C=C4C(=C(C#N)C#N)c5ccccc5C4=C(C#N)C#N)s3)s2)cc1. The van der Waals surface area contributed by atoms with Crippen molar-refractivity contribution in [3.8, 4) is 34.0 Å². The van der Waals surface area contributed by atoms with Gasteiger partial charge in [0.2, 0.25) is 0 Å². The van der Waals surface area contributed by atoms with E-state index in [0.29, 0.717) is 27.8 Å². The molecule has 5 nitrogen and oxygen atoms in total. The second kappa shape index (κ2) is 11.7. The summed E-state index contributed by atoms with van der Waals surface area (Å²) in [6.45, 7) is 0. The maximum atomic E-state index is 9.73. The molecule has 2 aromatic heterocycles. The van der Waals surface area contributed by atoms with Crippen molar-refractivity contribution in [1.82, 2.24) is 0 Å². The first-order valence-electron chi connectivity index (χ1n) is 12.5. The maximum absolute atomic E-state index is 9.73. The topological polar surface area (TPSA) is 98.4 Å². The molecule has 0 saturated heterocycles. The maximum Gasteiger partial charge on any atom is 0.138 e. The summed E-state index contributed by atoms with van der Waals surface area (Å²) in [5, 5.41) is 38.9. The van der Waals surface area contributed by atoms with Gasteiger partial charge in [0.05, 0.1) is 0 Å². The fourth-order valence-electron chi connectivity index (χ4n) is 4.63. The Labute approximate surface area is 247 Å². The van der Waals surface area contributed by atoms with Crippen molar-refractivity contribution in [2.45, 2.75) is 0 Å². The van der Waals surface area contributed by atoms with E-state index in [1.807, 2.05) is 80.8 Å². The lowest BCUT2D eigenvalue weighted by Crippen LogP contribution is -2.07. The van der Waals surface area contributed by atoms with E-state index in [-0.39, 0.29) is 11.1 Å². The average molecular weight is 564 g/mol. The summed E-state index contributed by atoms with van der Waals surface area (Å²) in [6.07, 6.45) is 6.08. The highest BCUT2D eigenvalue weighted by molar-refractivity contribution is 7.23. The third-order valence-corrected chi connectivity index (χ3v) is 8.86. The van der Waals surface area contributed by atoms with Gasteiger partial charge in [-0.2, -0.15) is 21.0 Å². The number of nitrogens with zero attached hydrogens (tertiary/aromatic N) is 5. The van der Waals surface area contributed by atoms with E-state index in [2.05, 4.69) is 53.5 Å². The second-order valence-corrected chi connectivity index (χ2v) is 11.5. The Hall–Kier alpha value is -5.44. The van der Waals surface area contributed by atoms with Crippen LogP contribution in [0.4, 0.5) is 5.69 Å². The van der Waals surface area contributed by atoms with Gasteiger partial charge in [0.25, 0.3) is 0 Å². The molecule has 4 aromatic rings. The number of rotatable bonds is 5. The molecule has 194 valence electrons. The number of thiophene rings is 2. The molecule has 0 unspecified atom stereocenters. The Kier molecular flexibility index (Phi) is 7.78. The normalized spacial score (nSPS) is 11.8. The Morgan fingerprint density at radius 2 is 1.15 bits per heavy atom. The summed E-state index contributed by atoms with van der Waals surface area (Å²) >= 11 is 3.26. The van der Waals surface area contributed by atoms with E-state index in [1.54, 1.807) is 22.7 Å². The smallest absolute Gasteiger partial charge is 0.138 e. The highest BCUT2D eigenvalue weighted by Gasteiger charge is 2.32. The molecule has 0 bridgehead atoms. The van der Waals surface area contributed by atoms with Crippen LogP contribution in [0.25, 0.3) is 39.1 Å². The van der Waals surface area contributed by atoms with Crippen LogP contribution in [0.2, 0.25) is 0 Å². The van der Waals surface area contributed by atoms with Gasteiger partial charge >= 0.3 is 0 Å². The quantitative estimate of drug-likeness (QED) is 0.227. The van der Waals surface area contributed by atoms with Crippen LogP contribution in [0, 0.1) is 45.3 Å². The Morgan fingerprint density at radius 3 is 1.66 bits per heavy atom. The first kappa shape index (κ1) is 27.1. The van der Waals surface area contributed by atoms with Gasteiger partial charge in [0, 0.05) is 50.4 Å². The van der Waals surface area contributed by atoms with Gasteiger partial charge in [-0.3, -0.25) is 0 Å². The Balaban J connectivity index is 1.50. The number of nitriles is 4. The standard InChI is InChI=1S/C34H21N5S2/c1-39(2)25-10-7-22(8-11-25)9-12-26-13-15-31(40-26)32-16-14-27(41-32)17-30-33(23(18-35)19-36)28-5-3-4-6-29(28)34(30)24(20-37)21-38/h3-17H,1-2H3/b12-9+. The Morgan fingerprint density at radius 1 is 0.634 bits per heavy atom. The molecule has 0 spiro atoms. The van der Waals surface area contributed by atoms with Crippen molar-refractivity contribution >= 4 is 57.7 Å².